The number of hydrogen-bond donors (Lipinski definition) is 1. The topological polar surface area (TPSA) is 116 Å². The van der Waals surface area contributed by atoms with Gasteiger partial charge in [0, 0.05) is 25.4 Å². The van der Waals surface area contributed by atoms with Crippen LogP contribution in [0.3, 0.4) is 0 Å². The Morgan fingerprint density at radius 2 is 2.20 bits per heavy atom. The number of rotatable bonds is 4. The third-order valence-electron chi connectivity index (χ3n) is 3.26. The molecular weight excluding hydrogens is 286 g/mol. The Balaban J connectivity index is 2.46. The first-order chi connectivity index (χ1) is 9.34. The fraction of sp³-hybridized carbons (Fsp3) is 0.455. The Morgan fingerprint density at radius 1 is 1.50 bits per heavy atom. The van der Waals surface area contributed by atoms with Gasteiger partial charge in [0.15, 0.2) is 4.90 Å². The van der Waals surface area contributed by atoms with Crippen molar-refractivity contribution in [2.75, 3.05) is 26.0 Å². The molecule has 1 aliphatic rings. The minimum atomic E-state index is -3.96. The molecule has 20 heavy (non-hydrogen) atoms. The van der Waals surface area contributed by atoms with E-state index in [0.717, 1.165) is 16.4 Å². The lowest BCUT2D eigenvalue weighted by atomic mass is 10.3. The van der Waals surface area contributed by atoms with Gasteiger partial charge in [-0.25, -0.2) is 8.42 Å². The Morgan fingerprint density at radius 3 is 2.75 bits per heavy atom. The number of benzene rings is 1. The zero-order chi connectivity index (χ0) is 14.9. The molecule has 0 bridgehead atoms. The van der Waals surface area contributed by atoms with E-state index in [1.807, 2.05) is 0 Å². The number of anilines is 1. The molecule has 1 fully saturated rings. The minimum Gasteiger partial charge on any atom is -0.399 e. The summed E-state index contributed by atoms with van der Waals surface area (Å²) in [6.07, 6.45) is 0.568. The highest BCUT2D eigenvalue weighted by atomic mass is 32.2. The molecule has 0 saturated carbocycles. The van der Waals surface area contributed by atoms with E-state index in [4.69, 9.17) is 10.5 Å². The normalized spacial score (nSPS) is 19.4. The second-order valence-electron chi connectivity index (χ2n) is 4.52. The van der Waals surface area contributed by atoms with Crippen LogP contribution in [0.2, 0.25) is 0 Å². The molecule has 1 saturated heterocycles. The summed E-state index contributed by atoms with van der Waals surface area (Å²) >= 11 is 0. The summed E-state index contributed by atoms with van der Waals surface area (Å²) in [5, 5.41) is 11.0. The van der Waals surface area contributed by atoms with Gasteiger partial charge in [0.1, 0.15) is 0 Å². The molecule has 0 amide bonds. The highest BCUT2D eigenvalue weighted by molar-refractivity contribution is 7.89. The highest BCUT2D eigenvalue weighted by Gasteiger charge is 2.35. The molecule has 8 nitrogen and oxygen atoms in total. The molecule has 0 aromatic heterocycles. The second-order valence-corrected chi connectivity index (χ2v) is 6.49. The van der Waals surface area contributed by atoms with Crippen LogP contribution in [0.4, 0.5) is 11.4 Å². The van der Waals surface area contributed by atoms with E-state index in [0.29, 0.717) is 19.6 Å². The Bertz CT molecular complexity index is 625. The molecule has 2 N–H and O–H groups in total. The molecule has 0 spiro atoms. The molecule has 0 radical (unpaired) electrons. The standard InChI is InChI=1S/C11H15N3O5S/c1-13(9-4-5-19-7-9)20(17,18)11-3-2-8(12)6-10(11)14(15)16/h2-3,6,9H,4-5,7,12H2,1H3. The van der Waals surface area contributed by atoms with Crippen molar-refractivity contribution in [3.63, 3.8) is 0 Å². The summed E-state index contributed by atoms with van der Waals surface area (Å²) in [6, 6.07) is 3.23. The first-order valence-corrected chi connectivity index (χ1v) is 7.37. The number of hydrogen-bond acceptors (Lipinski definition) is 6. The largest absolute Gasteiger partial charge is 0.399 e. The number of nitrogens with two attached hydrogens (primary N) is 1. The molecule has 1 heterocycles. The summed E-state index contributed by atoms with van der Waals surface area (Å²) in [5.74, 6) is 0. The van der Waals surface area contributed by atoms with Gasteiger partial charge in [0.05, 0.1) is 17.6 Å². The molecule has 1 aromatic carbocycles. The average Bonchev–Trinajstić information content (AvgIpc) is 2.91. The zero-order valence-corrected chi connectivity index (χ0v) is 11.7. The summed E-state index contributed by atoms with van der Waals surface area (Å²) in [6.45, 7) is 0.771. The van der Waals surface area contributed by atoms with Crippen molar-refractivity contribution < 1.29 is 18.1 Å². The summed E-state index contributed by atoms with van der Waals surface area (Å²) in [4.78, 5) is 9.90. The van der Waals surface area contributed by atoms with Gasteiger partial charge in [-0.05, 0) is 18.6 Å². The maximum absolute atomic E-state index is 12.5. The fourth-order valence-electron chi connectivity index (χ4n) is 2.06. The van der Waals surface area contributed by atoms with Crippen LogP contribution in [0.15, 0.2) is 23.1 Å². The number of nitro benzene ring substituents is 1. The monoisotopic (exact) mass is 301 g/mol. The number of nitrogens with zero attached hydrogens (tertiary/aromatic N) is 2. The van der Waals surface area contributed by atoms with E-state index in [2.05, 4.69) is 0 Å². The van der Waals surface area contributed by atoms with Gasteiger partial charge in [-0.3, -0.25) is 10.1 Å². The van der Waals surface area contributed by atoms with E-state index < -0.39 is 20.6 Å². The zero-order valence-electron chi connectivity index (χ0n) is 10.9. The van der Waals surface area contributed by atoms with Crippen molar-refractivity contribution in [1.29, 1.82) is 0 Å². The van der Waals surface area contributed by atoms with Gasteiger partial charge in [0.2, 0.25) is 10.0 Å². The van der Waals surface area contributed by atoms with Crippen LogP contribution in [0.25, 0.3) is 0 Å². The number of ether oxygens (including phenoxy) is 1. The molecule has 0 aliphatic carbocycles. The van der Waals surface area contributed by atoms with Gasteiger partial charge in [0.25, 0.3) is 5.69 Å². The molecular formula is C11H15N3O5S. The van der Waals surface area contributed by atoms with Crippen molar-refractivity contribution in [3.05, 3.63) is 28.3 Å². The van der Waals surface area contributed by atoms with E-state index in [1.165, 1.54) is 13.1 Å². The van der Waals surface area contributed by atoms with Gasteiger partial charge < -0.3 is 10.5 Å². The van der Waals surface area contributed by atoms with Crippen LogP contribution in [0, 0.1) is 10.1 Å². The summed E-state index contributed by atoms with van der Waals surface area (Å²) in [7, 11) is -2.56. The van der Waals surface area contributed by atoms with Gasteiger partial charge in [-0.2, -0.15) is 4.31 Å². The molecule has 110 valence electrons. The van der Waals surface area contributed by atoms with E-state index in [-0.39, 0.29) is 16.6 Å². The van der Waals surface area contributed by atoms with E-state index >= 15 is 0 Å². The fourth-order valence-corrected chi connectivity index (χ4v) is 3.56. The molecule has 1 aromatic rings. The van der Waals surface area contributed by atoms with Crippen LogP contribution >= 0.6 is 0 Å². The predicted octanol–water partition coefficient (Wildman–Crippen LogP) is 0.586. The Hall–Kier alpha value is -1.71. The van der Waals surface area contributed by atoms with Crippen molar-refractivity contribution in [1.82, 2.24) is 4.31 Å². The molecule has 1 unspecified atom stereocenters. The SMILES string of the molecule is CN(C1CCOC1)S(=O)(=O)c1ccc(N)cc1[N+](=O)[O-]. The third-order valence-corrected chi connectivity index (χ3v) is 5.21. The predicted molar refractivity (Wildman–Crippen MR) is 71.7 cm³/mol. The lowest BCUT2D eigenvalue weighted by Crippen LogP contribution is -2.37. The van der Waals surface area contributed by atoms with Crippen LogP contribution in [-0.4, -0.2) is 43.9 Å². The highest BCUT2D eigenvalue weighted by Crippen LogP contribution is 2.30. The second kappa shape index (κ2) is 5.35. The van der Waals surface area contributed by atoms with Crippen LogP contribution in [0.1, 0.15) is 6.42 Å². The van der Waals surface area contributed by atoms with E-state index in [1.54, 1.807) is 0 Å². The first kappa shape index (κ1) is 14.7. The Labute approximate surface area is 116 Å². The van der Waals surface area contributed by atoms with Gasteiger partial charge in [-0.1, -0.05) is 0 Å². The maximum Gasteiger partial charge on any atom is 0.291 e. The number of nitrogen functional groups attached to an aromatic ring is 1. The lowest BCUT2D eigenvalue weighted by Gasteiger charge is -2.22. The molecule has 1 aliphatic heterocycles. The summed E-state index contributed by atoms with van der Waals surface area (Å²) < 4.78 is 31.2. The first-order valence-electron chi connectivity index (χ1n) is 5.93. The van der Waals surface area contributed by atoms with Crippen molar-refractivity contribution in [3.8, 4) is 0 Å². The minimum absolute atomic E-state index is 0.141. The van der Waals surface area contributed by atoms with Crippen LogP contribution < -0.4 is 5.73 Å². The van der Waals surface area contributed by atoms with Crippen molar-refractivity contribution in [2.45, 2.75) is 17.4 Å². The van der Waals surface area contributed by atoms with Crippen LogP contribution in [-0.2, 0) is 14.8 Å². The molecule has 2 rings (SSSR count). The van der Waals surface area contributed by atoms with Gasteiger partial charge >= 0.3 is 0 Å². The Kier molecular flexibility index (Phi) is 3.93. The number of nitro groups is 1. The lowest BCUT2D eigenvalue weighted by molar-refractivity contribution is -0.387. The third kappa shape index (κ3) is 2.60. The summed E-state index contributed by atoms with van der Waals surface area (Å²) in [5.41, 5.74) is 5.10. The van der Waals surface area contributed by atoms with Crippen molar-refractivity contribution in [2.24, 2.45) is 0 Å². The van der Waals surface area contributed by atoms with Crippen molar-refractivity contribution >= 4 is 21.4 Å². The van der Waals surface area contributed by atoms with Gasteiger partial charge in [-0.15, -0.1) is 0 Å². The smallest absolute Gasteiger partial charge is 0.291 e. The number of likely N-dealkylation sites (N-methyl/N-ethyl adjacent to an activating group) is 1. The number of sulfonamides is 1. The quantitative estimate of drug-likeness (QED) is 0.494. The van der Waals surface area contributed by atoms with E-state index in [9.17, 15) is 18.5 Å². The maximum atomic E-state index is 12.5. The average molecular weight is 301 g/mol. The van der Waals surface area contributed by atoms with Crippen LogP contribution in [0.5, 0.6) is 0 Å². The molecule has 1 atom stereocenters. The molecule has 9 heteroatoms.